The number of fused-ring (bicyclic) bond motifs is 1. The van der Waals surface area contributed by atoms with Gasteiger partial charge in [-0.3, -0.25) is 10.1 Å². The van der Waals surface area contributed by atoms with Crippen molar-refractivity contribution in [1.82, 2.24) is 20.3 Å². The molecule has 4 rings (SSSR count). The van der Waals surface area contributed by atoms with Gasteiger partial charge in [-0.05, 0) is 80.7 Å². The van der Waals surface area contributed by atoms with E-state index in [2.05, 4.69) is 20.8 Å². The third-order valence-corrected chi connectivity index (χ3v) is 4.86. The lowest BCUT2D eigenvalue weighted by molar-refractivity contribution is 0.0977. The Morgan fingerprint density at radius 1 is 0.935 bits per heavy atom. The summed E-state index contributed by atoms with van der Waals surface area (Å²) in [5.41, 5.74) is 5.59. The fraction of sp³-hybridized carbons (Fsp3) is 0.130. The van der Waals surface area contributed by atoms with Gasteiger partial charge < -0.3 is 10.1 Å². The summed E-state index contributed by atoms with van der Waals surface area (Å²) in [5.74, 6) is 0.513. The summed E-state index contributed by atoms with van der Waals surface area (Å²) in [5, 5.41) is 15.0. The molecule has 0 radical (unpaired) electrons. The molecule has 31 heavy (non-hydrogen) atoms. The van der Waals surface area contributed by atoms with E-state index in [0.29, 0.717) is 16.8 Å². The van der Waals surface area contributed by atoms with E-state index in [4.69, 9.17) is 17.0 Å². The normalized spacial score (nSPS) is 10.7. The highest BCUT2D eigenvalue weighted by atomic mass is 32.1. The topological polar surface area (TPSA) is 81.1 Å². The number of nitrogens with one attached hydrogen (secondary N) is 2. The summed E-state index contributed by atoms with van der Waals surface area (Å²) in [7, 11) is 1.62. The van der Waals surface area contributed by atoms with Gasteiger partial charge in [0.1, 0.15) is 16.8 Å². The van der Waals surface area contributed by atoms with Crippen LogP contribution in [0.4, 0.5) is 5.69 Å². The molecule has 0 bridgehead atoms. The van der Waals surface area contributed by atoms with Crippen molar-refractivity contribution in [2.45, 2.75) is 13.8 Å². The maximum atomic E-state index is 12.5. The molecule has 0 atom stereocenters. The maximum Gasteiger partial charge on any atom is 0.257 e. The molecule has 3 aromatic carbocycles. The summed E-state index contributed by atoms with van der Waals surface area (Å²) in [6, 6.07) is 18.7. The van der Waals surface area contributed by atoms with Crippen molar-refractivity contribution in [2.24, 2.45) is 0 Å². The van der Waals surface area contributed by atoms with E-state index in [1.807, 2.05) is 74.5 Å². The Hall–Kier alpha value is -3.78. The molecule has 4 aromatic rings. The lowest BCUT2D eigenvalue weighted by Gasteiger charge is -2.10. The summed E-state index contributed by atoms with van der Waals surface area (Å²) in [4.78, 5) is 14.1. The van der Waals surface area contributed by atoms with Crippen LogP contribution in [0.5, 0.6) is 5.75 Å². The number of hydrogen-bond donors (Lipinski definition) is 2. The highest BCUT2D eigenvalue weighted by Crippen LogP contribution is 2.19. The monoisotopic (exact) mass is 431 g/mol. The molecule has 7 nitrogen and oxygen atoms in total. The number of rotatable bonds is 4. The van der Waals surface area contributed by atoms with Gasteiger partial charge in [0.25, 0.3) is 5.91 Å². The number of anilines is 1. The molecular formula is C23H21N5O2S. The van der Waals surface area contributed by atoms with Crippen LogP contribution in [0, 0.1) is 13.8 Å². The Kier molecular flexibility index (Phi) is 5.64. The minimum absolute atomic E-state index is 0.214. The van der Waals surface area contributed by atoms with Gasteiger partial charge in [0.2, 0.25) is 0 Å². The molecule has 0 aliphatic heterocycles. The van der Waals surface area contributed by atoms with E-state index in [9.17, 15) is 4.79 Å². The number of benzene rings is 3. The highest BCUT2D eigenvalue weighted by molar-refractivity contribution is 7.80. The van der Waals surface area contributed by atoms with E-state index >= 15 is 0 Å². The van der Waals surface area contributed by atoms with Crippen molar-refractivity contribution in [1.29, 1.82) is 0 Å². The predicted octanol–water partition coefficient (Wildman–Crippen LogP) is 4.17. The average Bonchev–Trinajstić information content (AvgIpc) is 3.16. The van der Waals surface area contributed by atoms with E-state index in [1.165, 1.54) is 0 Å². The van der Waals surface area contributed by atoms with Gasteiger partial charge in [-0.25, -0.2) is 0 Å². The van der Waals surface area contributed by atoms with Crippen LogP contribution in [0.15, 0.2) is 60.7 Å². The second kappa shape index (κ2) is 8.53. The molecule has 156 valence electrons. The number of ether oxygens (including phenoxy) is 1. The second-order valence-corrected chi connectivity index (χ2v) is 7.58. The number of aromatic nitrogens is 3. The highest BCUT2D eigenvalue weighted by Gasteiger charge is 2.11. The Morgan fingerprint density at radius 2 is 1.61 bits per heavy atom. The fourth-order valence-electron chi connectivity index (χ4n) is 3.27. The lowest BCUT2D eigenvalue weighted by Crippen LogP contribution is -2.34. The van der Waals surface area contributed by atoms with Crippen LogP contribution in [0.3, 0.4) is 0 Å². The molecule has 0 unspecified atom stereocenters. The zero-order valence-corrected chi connectivity index (χ0v) is 18.2. The predicted molar refractivity (Wildman–Crippen MR) is 125 cm³/mol. The van der Waals surface area contributed by atoms with Crippen molar-refractivity contribution < 1.29 is 9.53 Å². The standard InChI is InChI=1S/C23H21N5O2S/c1-14-10-15(2)12-16(11-14)22(29)25-23(31)24-17-4-9-20-21(13-17)27-28(26-20)18-5-7-19(30-3)8-6-18/h4-13H,1-3H3,(H2,24,25,29,31). The van der Waals surface area contributed by atoms with Crippen LogP contribution in [-0.4, -0.2) is 33.1 Å². The number of aryl methyl sites for hydroxylation is 2. The van der Waals surface area contributed by atoms with Gasteiger partial charge in [0, 0.05) is 11.3 Å². The minimum Gasteiger partial charge on any atom is -0.497 e. The van der Waals surface area contributed by atoms with Crippen molar-refractivity contribution in [3.63, 3.8) is 0 Å². The first-order chi connectivity index (χ1) is 14.9. The number of carbonyl (C=O) groups excluding carboxylic acids is 1. The average molecular weight is 432 g/mol. The number of thiocarbonyl (C=S) groups is 1. The molecule has 1 heterocycles. The molecule has 8 heteroatoms. The van der Waals surface area contributed by atoms with Crippen molar-refractivity contribution >= 4 is 40.0 Å². The van der Waals surface area contributed by atoms with Gasteiger partial charge in [-0.1, -0.05) is 17.2 Å². The zero-order chi connectivity index (χ0) is 22.0. The Labute approximate surface area is 185 Å². The summed E-state index contributed by atoms with van der Waals surface area (Å²) >= 11 is 5.31. The largest absolute Gasteiger partial charge is 0.497 e. The van der Waals surface area contributed by atoms with Crippen LogP contribution >= 0.6 is 12.2 Å². The van der Waals surface area contributed by atoms with Crippen LogP contribution in [0.25, 0.3) is 16.7 Å². The van der Waals surface area contributed by atoms with Crippen molar-refractivity contribution in [2.75, 3.05) is 12.4 Å². The molecule has 0 aliphatic carbocycles. The molecule has 1 aromatic heterocycles. The number of carbonyl (C=O) groups is 1. The van der Waals surface area contributed by atoms with E-state index < -0.39 is 0 Å². The Morgan fingerprint density at radius 3 is 2.29 bits per heavy atom. The molecule has 0 saturated heterocycles. The maximum absolute atomic E-state index is 12.5. The Bertz CT molecular complexity index is 1260. The molecule has 0 aliphatic rings. The Balaban J connectivity index is 1.48. The summed E-state index contributed by atoms with van der Waals surface area (Å²) < 4.78 is 5.18. The quantitative estimate of drug-likeness (QED) is 0.472. The molecule has 1 amide bonds. The van der Waals surface area contributed by atoms with E-state index in [-0.39, 0.29) is 11.0 Å². The van der Waals surface area contributed by atoms with Gasteiger partial charge in [0.15, 0.2) is 5.11 Å². The van der Waals surface area contributed by atoms with Gasteiger partial charge in [0.05, 0.1) is 12.8 Å². The molecule has 0 spiro atoms. The third kappa shape index (κ3) is 4.70. The zero-order valence-electron chi connectivity index (χ0n) is 17.3. The molecule has 2 N–H and O–H groups in total. The SMILES string of the molecule is COc1ccc(-n2nc3ccc(NC(=S)NC(=O)c4cc(C)cc(C)c4)cc3n2)cc1. The van der Waals surface area contributed by atoms with E-state index in [1.54, 1.807) is 11.9 Å². The van der Waals surface area contributed by atoms with Gasteiger partial charge in [-0.15, -0.1) is 10.2 Å². The minimum atomic E-state index is -0.254. The third-order valence-electron chi connectivity index (χ3n) is 4.65. The van der Waals surface area contributed by atoms with Crippen molar-refractivity contribution in [3.05, 3.63) is 77.4 Å². The van der Waals surface area contributed by atoms with Crippen molar-refractivity contribution in [3.8, 4) is 11.4 Å². The fourth-order valence-corrected chi connectivity index (χ4v) is 3.48. The lowest BCUT2D eigenvalue weighted by atomic mass is 10.1. The van der Waals surface area contributed by atoms with E-state index in [0.717, 1.165) is 28.1 Å². The van der Waals surface area contributed by atoms with Crippen LogP contribution in [-0.2, 0) is 0 Å². The van der Waals surface area contributed by atoms with Gasteiger partial charge >= 0.3 is 0 Å². The molecular weight excluding hydrogens is 410 g/mol. The van der Waals surface area contributed by atoms with Gasteiger partial charge in [-0.2, -0.15) is 4.80 Å². The number of hydrogen-bond acceptors (Lipinski definition) is 5. The summed E-state index contributed by atoms with van der Waals surface area (Å²) in [6.45, 7) is 3.91. The number of nitrogens with zero attached hydrogens (tertiary/aromatic N) is 3. The number of methoxy groups -OCH3 is 1. The molecule has 0 saturated carbocycles. The first kappa shape index (κ1) is 20.5. The summed E-state index contributed by atoms with van der Waals surface area (Å²) in [6.07, 6.45) is 0. The van der Waals surface area contributed by atoms with Crippen LogP contribution in [0.1, 0.15) is 21.5 Å². The number of amides is 1. The smallest absolute Gasteiger partial charge is 0.257 e. The second-order valence-electron chi connectivity index (χ2n) is 7.18. The first-order valence-electron chi connectivity index (χ1n) is 9.63. The van der Waals surface area contributed by atoms with Crippen LogP contribution in [0.2, 0.25) is 0 Å². The molecule has 0 fully saturated rings. The van der Waals surface area contributed by atoms with Crippen LogP contribution < -0.4 is 15.4 Å². The first-order valence-corrected chi connectivity index (χ1v) is 10.0.